The van der Waals surface area contributed by atoms with Crippen molar-refractivity contribution in [2.24, 2.45) is 5.18 Å². The molecule has 2 heterocycles. The first-order valence-corrected chi connectivity index (χ1v) is 6.98. The van der Waals surface area contributed by atoms with Crippen molar-refractivity contribution >= 4 is 22.5 Å². The van der Waals surface area contributed by atoms with Gasteiger partial charge in [-0.25, -0.2) is 18.7 Å². The number of benzene rings is 1. The standard InChI is InChI=1S/C15H9ClF2N4O/c1-7(22-23)9-2-3-19-14-10(9)4-8(5-11(14)17)13-12(18)6-20-15(16)21-13/h2-7H,1H3. The van der Waals surface area contributed by atoms with Crippen molar-refractivity contribution in [3.63, 3.8) is 0 Å². The van der Waals surface area contributed by atoms with Gasteiger partial charge in [0, 0.05) is 17.1 Å². The van der Waals surface area contributed by atoms with Gasteiger partial charge in [0.05, 0.1) is 6.20 Å². The number of nitroso groups, excluding NO2 is 1. The van der Waals surface area contributed by atoms with Gasteiger partial charge in [-0.1, -0.05) is 5.18 Å². The maximum atomic E-state index is 14.3. The average Bonchev–Trinajstić information content (AvgIpc) is 2.55. The molecular formula is C15H9ClF2N4O. The predicted octanol–water partition coefficient (Wildman–Crippen LogP) is 4.45. The van der Waals surface area contributed by atoms with E-state index in [9.17, 15) is 13.7 Å². The van der Waals surface area contributed by atoms with Crippen LogP contribution in [0.4, 0.5) is 8.78 Å². The Kier molecular flexibility index (Phi) is 3.96. The number of rotatable bonds is 3. The van der Waals surface area contributed by atoms with Gasteiger partial charge in [-0.3, -0.25) is 4.98 Å². The molecule has 116 valence electrons. The maximum Gasteiger partial charge on any atom is 0.223 e. The number of pyridine rings is 1. The van der Waals surface area contributed by atoms with Gasteiger partial charge >= 0.3 is 0 Å². The van der Waals surface area contributed by atoms with Crippen LogP contribution in [0.1, 0.15) is 18.5 Å². The third-order valence-corrected chi connectivity index (χ3v) is 3.61. The third-order valence-electron chi connectivity index (χ3n) is 3.43. The summed E-state index contributed by atoms with van der Waals surface area (Å²) in [5, 5.41) is 3.16. The Morgan fingerprint density at radius 1 is 1.22 bits per heavy atom. The van der Waals surface area contributed by atoms with Crippen molar-refractivity contribution in [1.82, 2.24) is 15.0 Å². The average molecular weight is 335 g/mol. The zero-order valence-corrected chi connectivity index (χ0v) is 12.6. The smallest absolute Gasteiger partial charge is 0.223 e. The van der Waals surface area contributed by atoms with Crippen molar-refractivity contribution in [1.29, 1.82) is 0 Å². The molecular weight excluding hydrogens is 326 g/mol. The minimum atomic E-state index is -0.736. The first kappa shape index (κ1) is 15.4. The van der Waals surface area contributed by atoms with E-state index in [0.29, 0.717) is 10.9 Å². The Morgan fingerprint density at radius 3 is 2.74 bits per heavy atom. The fraction of sp³-hybridized carbons (Fsp3) is 0.133. The summed E-state index contributed by atoms with van der Waals surface area (Å²) >= 11 is 5.68. The molecule has 0 N–H and O–H groups in total. The molecule has 0 aliphatic rings. The molecule has 0 aliphatic heterocycles. The molecule has 0 bridgehead atoms. The van der Waals surface area contributed by atoms with Crippen LogP contribution in [0.25, 0.3) is 22.2 Å². The maximum absolute atomic E-state index is 14.3. The molecule has 1 aromatic carbocycles. The van der Waals surface area contributed by atoms with Crippen LogP contribution in [-0.4, -0.2) is 15.0 Å². The van der Waals surface area contributed by atoms with E-state index in [4.69, 9.17) is 11.6 Å². The van der Waals surface area contributed by atoms with E-state index < -0.39 is 17.7 Å². The fourth-order valence-electron chi connectivity index (χ4n) is 2.34. The topological polar surface area (TPSA) is 68.1 Å². The summed E-state index contributed by atoms with van der Waals surface area (Å²) in [5.41, 5.74) is 0.602. The van der Waals surface area contributed by atoms with Gasteiger partial charge < -0.3 is 0 Å². The lowest BCUT2D eigenvalue weighted by Gasteiger charge is -2.10. The zero-order valence-electron chi connectivity index (χ0n) is 11.8. The summed E-state index contributed by atoms with van der Waals surface area (Å²) in [6.45, 7) is 1.58. The molecule has 1 unspecified atom stereocenters. The number of halogens is 3. The summed E-state index contributed by atoms with van der Waals surface area (Å²) in [7, 11) is 0. The van der Waals surface area contributed by atoms with Gasteiger partial charge in [0.1, 0.15) is 23.1 Å². The molecule has 0 fully saturated rings. The number of fused-ring (bicyclic) bond motifs is 1. The lowest BCUT2D eigenvalue weighted by Crippen LogP contribution is -1.97. The van der Waals surface area contributed by atoms with Crippen molar-refractivity contribution in [2.75, 3.05) is 0 Å². The molecule has 23 heavy (non-hydrogen) atoms. The summed E-state index contributed by atoms with van der Waals surface area (Å²) < 4.78 is 28.3. The highest BCUT2D eigenvalue weighted by Gasteiger charge is 2.17. The number of aromatic nitrogens is 3. The first-order chi connectivity index (χ1) is 11.0. The Labute approximate surface area is 134 Å². The van der Waals surface area contributed by atoms with Crippen molar-refractivity contribution < 1.29 is 8.78 Å². The molecule has 5 nitrogen and oxygen atoms in total. The molecule has 0 radical (unpaired) electrons. The van der Waals surface area contributed by atoms with E-state index in [1.807, 2.05) is 0 Å². The zero-order chi connectivity index (χ0) is 16.6. The molecule has 2 aromatic heterocycles. The third kappa shape index (κ3) is 2.75. The van der Waals surface area contributed by atoms with E-state index in [1.54, 1.807) is 13.0 Å². The lowest BCUT2D eigenvalue weighted by atomic mass is 10.00. The second kappa shape index (κ2) is 5.92. The second-order valence-electron chi connectivity index (χ2n) is 4.87. The van der Waals surface area contributed by atoms with Gasteiger partial charge in [0.25, 0.3) is 0 Å². The van der Waals surface area contributed by atoms with Crippen molar-refractivity contribution in [3.8, 4) is 11.3 Å². The highest BCUT2D eigenvalue weighted by Crippen LogP contribution is 2.31. The molecule has 3 rings (SSSR count). The monoisotopic (exact) mass is 334 g/mol. The number of hydrogen-bond acceptors (Lipinski definition) is 5. The Morgan fingerprint density at radius 2 is 2.00 bits per heavy atom. The normalized spacial score (nSPS) is 12.3. The molecule has 0 amide bonds. The summed E-state index contributed by atoms with van der Waals surface area (Å²) in [5.74, 6) is -1.40. The molecule has 0 saturated heterocycles. The molecule has 0 aliphatic carbocycles. The molecule has 8 heteroatoms. The van der Waals surface area contributed by atoms with Crippen LogP contribution >= 0.6 is 11.6 Å². The molecule has 3 aromatic rings. The molecule has 0 spiro atoms. The van der Waals surface area contributed by atoms with Crippen LogP contribution in [0.2, 0.25) is 5.28 Å². The highest BCUT2D eigenvalue weighted by atomic mass is 35.5. The van der Waals surface area contributed by atoms with E-state index in [1.165, 1.54) is 12.3 Å². The van der Waals surface area contributed by atoms with Crippen molar-refractivity contribution in [3.05, 3.63) is 58.0 Å². The highest BCUT2D eigenvalue weighted by molar-refractivity contribution is 6.28. The first-order valence-electron chi connectivity index (χ1n) is 6.60. The minimum absolute atomic E-state index is 0.0716. The lowest BCUT2D eigenvalue weighted by molar-refractivity contribution is 0.616. The Bertz CT molecular complexity index is 919. The van der Waals surface area contributed by atoms with E-state index in [0.717, 1.165) is 12.3 Å². The van der Waals surface area contributed by atoms with Gasteiger partial charge in [-0.2, -0.15) is 4.91 Å². The van der Waals surface area contributed by atoms with Crippen LogP contribution in [0.15, 0.2) is 35.8 Å². The largest absolute Gasteiger partial charge is 0.253 e. The van der Waals surface area contributed by atoms with Gasteiger partial charge in [0.2, 0.25) is 5.28 Å². The summed E-state index contributed by atoms with van der Waals surface area (Å²) in [6.07, 6.45) is 2.30. The summed E-state index contributed by atoms with van der Waals surface area (Å²) in [4.78, 5) is 22.1. The Balaban J connectivity index is 2.32. The van der Waals surface area contributed by atoms with Crippen LogP contribution in [0, 0.1) is 16.5 Å². The SMILES string of the molecule is CC(N=O)c1ccnc2c(F)cc(-c3nc(Cl)ncc3F)cc12. The van der Waals surface area contributed by atoms with Crippen LogP contribution in [-0.2, 0) is 0 Å². The van der Waals surface area contributed by atoms with Gasteiger partial charge in [-0.15, -0.1) is 0 Å². The Hall–Kier alpha value is -2.54. The van der Waals surface area contributed by atoms with Crippen molar-refractivity contribution in [2.45, 2.75) is 13.0 Å². The van der Waals surface area contributed by atoms with E-state index in [2.05, 4.69) is 20.1 Å². The minimum Gasteiger partial charge on any atom is -0.253 e. The van der Waals surface area contributed by atoms with Crippen LogP contribution in [0.5, 0.6) is 0 Å². The van der Waals surface area contributed by atoms with Gasteiger partial charge in [0.15, 0.2) is 5.82 Å². The molecule has 0 saturated carbocycles. The summed E-state index contributed by atoms with van der Waals surface area (Å²) in [6, 6.07) is 3.49. The van der Waals surface area contributed by atoms with E-state index >= 15 is 0 Å². The van der Waals surface area contributed by atoms with Crippen LogP contribution < -0.4 is 0 Å². The second-order valence-corrected chi connectivity index (χ2v) is 5.21. The number of nitrogens with zero attached hydrogens (tertiary/aromatic N) is 4. The predicted molar refractivity (Wildman–Crippen MR) is 81.9 cm³/mol. The quantitative estimate of drug-likeness (QED) is 0.524. The number of hydrogen-bond donors (Lipinski definition) is 0. The fourth-order valence-corrected chi connectivity index (χ4v) is 2.47. The van der Waals surface area contributed by atoms with Gasteiger partial charge in [-0.05, 0) is 42.3 Å². The van der Waals surface area contributed by atoms with Crippen LogP contribution in [0.3, 0.4) is 0 Å². The molecule has 1 atom stereocenters. The van der Waals surface area contributed by atoms with E-state index in [-0.39, 0.29) is 22.1 Å².